The molecule has 0 aliphatic rings. The predicted molar refractivity (Wildman–Crippen MR) is 273 cm³/mol. The number of benzene rings is 6. The Morgan fingerprint density at radius 2 is 1.35 bits per heavy atom. The van der Waals surface area contributed by atoms with Crippen molar-refractivity contribution in [3.8, 4) is 29.0 Å². The molecule has 0 saturated heterocycles. The predicted octanol–water partition coefficient (Wildman–Crippen LogP) is 10.4. The van der Waals surface area contributed by atoms with E-state index in [0.29, 0.717) is 53.8 Å². The molecule has 22 heteroatoms. The minimum absolute atomic E-state index is 0.0233. The van der Waals surface area contributed by atoms with Crippen LogP contribution in [-0.4, -0.2) is 71.5 Å². The SMILES string of the molecule is CCNc1nc(Nc2cc(S(=O)O)cc3cc(S(=O)(=O)O)c(N=Nc4ccc(C)cc4S(=O)(=O)O)c(O)c23)nc(Oc2c(CC)cc(C)cc2Cc2c(C)ccc(Cc3cc(C)c(O)c(CC)c3C)c2O)n1. The monoisotopic (exact) mass is 1040 g/mol. The number of hydrogen-bond donors (Lipinski definition) is 8. The van der Waals surface area contributed by atoms with Crippen molar-refractivity contribution in [1.29, 1.82) is 0 Å². The summed E-state index contributed by atoms with van der Waals surface area (Å²) < 4.78 is 99.6. The van der Waals surface area contributed by atoms with Crippen LogP contribution in [0.3, 0.4) is 0 Å². The van der Waals surface area contributed by atoms with E-state index in [-0.39, 0.29) is 57.2 Å². The Hall–Kier alpha value is -7.08. The number of ether oxygens (including phenoxy) is 1. The molecule has 1 aromatic heterocycles. The highest BCUT2D eigenvalue weighted by molar-refractivity contribution is 7.86. The summed E-state index contributed by atoms with van der Waals surface area (Å²) in [6.45, 7) is 15.3. The number of hydrogen-bond acceptors (Lipinski definition) is 16. The van der Waals surface area contributed by atoms with Gasteiger partial charge in [0.2, 0.25) is 11.9 Å². The van der Waals surface area contributed by atoms with Crippen LogP contribution in [0.5, 0.6) is 29.0 Å². The van der Waals surface area contributed by atoms with Gasteiger partial charge < -0.3 is 35.2 Å². The van der Waals surface area contributed by atoms with Crippen molar-refractivity contribution in [2.24, 2.45) is 10.2 Å². The van der Waals surface area contributed by atoms with Crippen LogP contribution in [0.2, 0.25) is 0 Å². The van der Waals surface area contributed by atoms with Gasteiger partial charge in [-0.15, -0.1) is 10.2 Å². The second-order valence-corrected chi connectivity index (χ2v) is 20.9. The molecule has 0 saturated carbocycles. The Bertz CT molecular complexity index is 3610. The lowest BCUT2D eigenvalue weighted by molar-refractivity contribution is 0.431. The van der Waals surface area contributed by atoms with Crippen LogP contribution in [0.1, 0.15) is 82.0 Å². The fraction of sp³-hybridized carbons (Fsp3) is 0.260. The van der Waals surface area contributed by atoms with Gasteiger partial charge in [0.05, 0.1) is 10.6 Å². The number of azo groups is 1. The quantitative estimate of drug-likeness (QED) is 0.0239. The number of phenols is 3. The van der Waals surface area contributed by atoms with Gasteiger partial charge in [0.15, 0.2) is 16.8 Å². The Morgan fingerprint density at radius 3 is 2.00 bits per heavy atom. The molecule has 0 radical (unpaired) electrons. The van der Waals surface area contributed by atoms with Crippen molar-refractivity contribution in [1.82, 2.24) is 15.0 Å². The van der Waals surface area contributed by atoms with Crippen LogP contribution >= 0.6 is 0 Å². The lowest BCUT2D eigenvalue weighted by Crippen LogP contribution is -2.09. The average molecular weight is 1040 g/mol. The van der Waals surface area contributed by atoms with Gasteiger partial charge in [0, 0.05) is 30.3 Å². The van der Waals surface area contributed by atoms with E-state index in [0.717, 1.165) is 63.2 Å². The molecule has 1 unspecified atom stereocenters. The van der Waals surface area contributed by atoms with E-state index < -0.39 is 58.2 Å². The number of aryl methyl sites for hydroxylation is 5. The Balaban J connectivity index is 1.33. The topological polar surface area (TPSA) is 303 Å². The summed E-state index contributed by atoms with van der Waals surface area (Å²) in [4.78, 5) is 11.6. The van der Waals surface area contributed by atoms with Gasteiger partial charge in [-0.3, -0.25) is 9.11 Å². The van der Waals surface area contributed by atoms with E-state index in [2.05, 4.69) is 35.8 Å². The highest BCUT2D eigenvalue weighted by atomic mass is 32.2. The second-order valence-electron chi connectivity index (χ2n) is 17.2. The average Bonchev–Trinajstić information content (AvgIpc) is 3.30. The molecule has 7 rings (SSSR count). The number of fused-ring (bicyclic) bond motifs is 1. The van der Waals surface area contributed by atoms with Crippen molar-refractivity contribution >= 4 is 71.0 Å². The normalized spacial score (nSPS) is 12.4. The highest BCUT2D eigenvalue weighted by Crippen LogP contribution is 2.46. The molecule has 0 aliphatic carbocycles. The van der Waals surface area contributed by atoms with Crippen molar-refractivity contribution in [3.63, 3.8) is 0 Å². The lowest BCUT2D eigenvalue weighted by Gasteiger charge is -2.19. The Kier molecular flexibility index (Phi) is 15.3. The fourth-order valence-electron chi connectivity index (χ4n) is 8.54. The van der Waals surface area contributed by atoms with E-state index in [4.69, 9.17) is 4.74 Å². The summed E-state index contributed by atoms with van der Waals surface area (Å²) in [7, 11) is -10.1. The molecule has 6 aromatic carbocycles. The molecule has 7 aromatic rings. The van der Waals surface area contributed by atoms with E-state index in [1.165, 1.54) is 12.1 Å². The first-order valence-electron chi connectivity index (χ1n) is 22.5. The molecular formula is C50H53N7O12S3. The number of aromatic hydroxyl groups is 3. The number of rotatable bonds is 17. The number of nitrogens with one attached hydrogen (secondary N) is 2. The van der Waals surface area contributed by atoms with Crippen LogP contribution in [0.25, 0.3) is 10.8 Å². The Morgan fingerprint density at radius 1 is 0.653 bits per heavy atom. The molecule has 0 fully saturated rings. The van der Waals surface area contributed by atoms with Crippen LogP contribution in [0, 0.1) is 34.6 Å². The van der Waals surface area contributed by atoms with Crippen molar-refractivity contribution in [2.75, 3.05) is 17.2 Å². The smallest absolute Gasteiger partial charge is 0.328 e. The molecule has 378 valence electrons. The van der Waals surface area contributed by atoms with E-state index in [1.54, 1.807) is 13.8 Å². The molecular weight excluding hydrogens is 987 g/mol. The molecule has 0 amide bonds. The van der Waals surface area contributed by atoms with Crippen LogP contribution in [0.15, 0.2) is 91.6 Å². The highest BCUT2D eigenvalue weighted by Gasteiger charge is 2.27. The maximum Gasteiger partial charge on any atom is 0.328 e. The third kappa shape index (κ3) is 11.2. The third-order valence-corrected chi connectivity index (χ3v) is 14.5. The van der Waals surface area contributed by atoms with E-state index in [1.807, 2.05) is 71.9 Å². The van der Waals surface area contributed by atoms with Crippen molar-refractivity contribution in [3.05, 3.63) is 128 Å². The maximum atomic E-state index is 12.8. The maximum absolute atomic E-state index is 12.8. The molecule has 0 bridgehead atoms. The summed E-state index contributed by atoms with van der Waals surface area (Å²) in [6.07, 6.45) is 1.83. The molecule has 0 spiro atoms. The van der Waals surface area contributed by atoms with Crippen LogP contribution in [-0.2, 0) is 57.0 Å². The van der Waals surface area contributed by atoms with Gasteiger partial charge >= 0.3 is 6.01 Å². The van der Waals surface area contributed by atoms with E-state index >= 15 is 0 Å². The summed E-state index contributed by atoms with van der Waals surface area (Å²) in [5, 5.41) is 47.7. The molecule has 72 heavy (non-hydrogen) atoms. The standard InChI is InChI=1S/C50H53N7O12S3/c1-9-30-16-26(5)17-34(22-37-27(6)13-14-31(45(37)59)20-32-19-28(7)44(58)36(10-2)29(32)8)47(30)69-50-54-48(51-11-3)53-49(55-50)52-39-24-35(70(61)62)21-33-23-41(72(66,67)68)43(46(60)42(33)39)57-56-38-15-12-25(4)18-40(38)71(63,64)65/h12-19,21,23-24,58-60H,9-11,20,22H2,1-8H3,(H,61,62)(H,63,64,65)(H,66,67,68)(H2,51,52,53,54,55). The molecule has 8 N–H and O–H groups in total. The van der Waals surface area contributed by atoms with E-state index in [9.17, 15) is 50.0 Å². The van der Waals surface area contributed by atoms with Gasteiger partial charge in [-0.05, 0) is 140 Å². The minimum Gasteiger partial charge on any atom is -0.507 e. The zero-order valence-electron chi connectivity index (χ0n) is 40.5. The minimum atomic E-state index is -5.23. The molecule has 19 nitrogen and oxygen atoms in total. The summed E-state index contributed by atoms with van der Waals surface area (Å²) in [6, 6.07) is 16.3. The second kappa shape index (κ2) is 20.9. The fourth-order valence-corrected chi connectivity index (χ4v) is 10.4. The number of nitrogens with zero attached hydrogens (tertiary/aromatic N) is 5. The largest absolute Gasteiger partial charge is 0.507 e. The summed E-state index contributed by atoms with van der Waals surface area (Å²) >= 11 is -2.69. The number of aromatic nitrogens is 3. The number of phenolic OH excluding ortho intramolecular Hbond substituents is 3. The van der Waals surface area contributed by atoms with Crippen LogP contribution in [0.4, 0.5) is 29.0 Å². The summed E-state index contributed by atoms with van der Waals surface area (Å²) in [5.74, 6) is -0.330. The zero-order valence-corrected chi connectivity index (χ0v) is 42.9. The van der Waals surface area contributed by atoms with Gasteiger partial charge in [0.1, 0.15) is 38.4 Å². The zero-order chi connectivity index (χ0) is 52.6. The third-order valence-electron chi connectivity index (χ3n) is 12.1. The van der Waals surface area contributed by atoms with Crippen LogP contribution < -0.4 is 15.4 Å². The first-order chi connectivity index (χ1) is 33.9. The first-order valence-corrected chi connectivity index (χ1v) is 26.5. The molecule has 0 aliphatic heterocycles. The summed E-state index contributed by atoms with van der Waals surface area (Å²) in [5.41, 5.74) is 7.15. The molecule has 1 heterocycles. The lowest BCUT2D eigenvalue weighted by atomic mass is 9.89. The molecule has 1 atom stereocenters. The van der Waals surface area contributed by atoms with Gasteiger partial charge in [-0.25, -0.2) is 4.21 Å². The van der Waals surface area contributed by atoms with Gasteiger partial charge in [-0.1, -0.05) is 55.8 Å². The first kappa shape index (κ1) is 52.7. The Labute approximate surface area is 418 Å². The number of anilines is 3. The van der Waals surface area contributed by atoms with Gasteiger partial charge in [0.25, 0.3) is 20.2 Å². The van der Waals surface area contributed by atoms with Crippen molar-refractivity contribution in [2.45, 2.75) is 95.8 Å². The van der Waals surface area contributed by atoms with Crippen molar-refractivity contribution < 1.29 is 54.8 Å². The van der Waals surface area contributed by atoms with Gasteiger partial charge in [-0.2, -0.15) is 31.8 Å².